The molecule has 3 aromatic carbocycles. The van der Waals surface area contributed by atoms with Gasteiger partial charge in [0.25, 0.3) is 5.91 Å². The minimum atomic E-state index is -0.678. The Balaban J connectivity index is 1.91. The Hall–Kier alpha value is -4.00. The van der Waals surface area contributed by atoms with Crippen molar-refractivity contribution in [1.29, 1.82) is 0 Å². The average molecular weight is 489 g/mol. The molecule has 0 aromatic heterocycles. The summed E-state index contributed by atoms with van der Waals surface area (Å²) in [5, 5.41) is 0. The number of hydrogen-bond donors (Lipinski definition) is 0. The smallest absolute Gasteiger partial charge is 0.254 e. The Labute approximate surface area is 212 Å². The van der Waals surface area contributed by atoms with E-state index in [1.165, 1.54) is 7.11 Å². The number of aryl methyl sites for hydroxylation is 2. The van der Waals surface area contributed by atoms with Crippen molar-refractivity contribution in [2.75, 3.05) is 40.3 Å². The predicted octanol–water partition coefficient (Wildman–Crippen LogP) is 4.90. The zero-order chi connectivity index (χ0) is 26.1. The molecule has 1 heterocycles. The molecule has 0 radical (unpaired) electrons. The van der Waals surface area contributed by atoms with Gasteiger partial charge in [0.1, 0.15) is 5.75 Å². The number of fused-ring (bicyclic) bond motifs is 1. The lowest BCUT2D eigenvalue weighted by atomic mass is 9.78. The second-order valence-corrected chi connectivity index (χ2v) is 9.07. The first-order chi connectivity index (χ1) is 17.2. The first kappa shape index (κ1) is 25.1. The Morgan fingerprint density at radius 1 is 0.861 bits per heavy atom. The third kappa shape index (κ3) is 4.26. The van der Waals surface area contributed by atoms with Crippen molar-refractivity contribution in [2.45, 2.75) is 25.8 Å². The molecule has 0 N–H and O–H groups in total. The molecule has 0 saturated heterocycles. The van der Waals surface area contributed by atoms with Crippen LogP contribution < -0.4 is 19.1 Å². The van der Waals surface area contributed by atoms with Crippen LogP contribution in [0.1, 0.15) is 44.6 Å². The van der Waals surface area contributed by atoms with Crippen molar-refractivity contribution in [1.82, 2.24) is 4.90 Å². The highest BCUT2D eigenvalue weighted by Crippen LogP contribution is 2.46. The van der Waals surface area contributed by atoms with Crippen LogP contribution in [0.15, 0.2) is 54.6 Å². The van der Waals surface area contributed by atoms with E-state index in [9.17, 15) is 9.59 Å². The highest BCUT2D eigenvalue weighted by Gasteiger charge is 2.44. The molecule has 36 heavy (non-hydrogen) atoms. The maximum Gasteiger partial charge on any atom is 0.254 e. The molecule has 1 aliphatic heterocycles. The first-order valence-electron chi connectivity index (χ1n) is 11.7. The van der Waals surface area contributed by atoms with Crippen LogP contribution in [0.5, 0.6) is 17.2 Å². The fraction of sp³-hybridized carbons (Fsp3) is 0.310. The van der Waals surface area contributed by atoms with Crippen molar-refractivity contribution in [3.63, 3.8) is 0 Å². The van der Waals surface area contributed by atoms with Crippen LogP contribution in [0.2, 0.25) is 0 Å². The Kier molecular flexibility index (Phi) is 6.93. The largest absolute Gasteiger partial charge is 0.497 e. The van der Waals surface area contributed by atoms with Crippen molar-refractivity contribution >= 4 is 17.5 Å². The lowest BCUT2D eigenvalue weighted by Gasteiger charge is -2.41. The van der Waals surface area contributed by atoms with Gasteiger partial charge in [0.15, 0.2) is 11.5 Å². The third-order valence-corrected chi connectivity index (χ3v) is 7.11. The number of ether oxygens (including phenoxy) is 3. The van der Waals surface area contributed by atoms with E-state index in [1.807, 2.05) is 56.3 Å². The summed E-state index contributed by atoms with van der Waals surface area (Å²) in [6.45, 7) is 4.06. The van der Waals surface area contributed by atoms with Crippen LogP contribution in [0.25, 0.3) is 0 Å². The number of likely N-dealkylation sites (N-methyl/N-ethyl adjacent to an activating group) is 2. The average Bonchev–Trinajstić information content (AvgIpc) is 2.90. The second kappa shape index (κ2) is 9.93. The van der Waals surface area contributed by atoms with E-state index in [4.69, 9.17) is 14.2 Å². The molecule has 0 spiro atoms. The maximum atomic E-state index is 14.3. The number of anilines is 1. The van der Waals surface area contributed by atoms with Crippen molar-refractivity contribution in [3.8, 4) is 17.2 Å². The molecule has 0 fully saturated rings. The predicted molar refractivity (Wildman–Crippen MR) is 139 cm³/mol. The van der Waals surface area contributed by atoms with E-state index >= 15 is 0 Å². The van der Waals surface area contributed by atoms with Gasteiger partial charge in [0.05, 0.1) is 33.3 Å². The van der Waals surface area contributed by atoms with Gasteiger partial charge in [-0.3, -0.25) is 9.59 Å². The number of nitrogens with zero attached hydrogens (tertiary/aromatic N) is 2. The van der Waals surface area contributed by atoms with Gasteiger partial charge in [-0.25, -0.2) is 0 Å². The van der Waals surface area contributed by atoms with Crippen LogP contribution in [-0.2, 0) is 4.79 Å². The van der Waals surface area contributed by atoms with Crippen molar-refractivity contribution in [2.24, 2.45) is 0 Å². The summed E-state index contributed by atoms with van der Waals surface area (Å²) in [6.07, 6.45) is 0. The minimum Gasteiger partial charge on any atom is -0.497 e. The fourth-order valence-electron chi connectivity index (χ4n) is 4.80. The fourth-order valence-corrected chi connectivity index (χ4v) is 4.80. The van der Waals surface area contributed by atoms with E-state index in [2.05, 4.69) is 0 Å². The van der Waals surface area contributed by atoms with Crippen molar-refractivity contribution in [3.05, 3.63) is 82.4 Å². The minimum absolute atomic E-state index is 0.133. The molecule has 3 aromatic rings. The Bertz CT molecular complexity index is 1300. The molecule has 0 aliphatic carbocycles. The molecular weight excluding hydrogens is 456 g/mol. The zero-order valence-corrected chi connectivity index (χ0v) is 21.8. The lowest BCUT2D eigenvalue weighted by molar-refractivity contribution is -0.121. The zero-order valence-electron chi connectivity index (χ0n) is 21.8. The van der Waals surface area contributed by atoms with Gasteiger partial charge in [0, 0.05) is 25.3 Å². The number of rotatable bonds is 6. The van der Waals surface area contributed by atoms with Gasteiger partial charge in [-0.1, -0.05) is 18.2 Å². The SMILES string of the molecule is COc1ccc([C@H]2[C@@H](C(=O)N(C)c3ccc(C)c(C)c3)c3cc(OC)c(OC)cc3C(=O)N2C)cc1. The molecule has 2 amide bonds. The normalized spacial score (nSPS) is 16.9. The summed E-state index contributed by atoms with van der Waals surface area (Å²) in [7, 11) is 8.17. The molecule has 4 rings (SSSR count). The van der Waals surface area contributed by atoms with E-state index in [0.717, 1.165) is 22.4 Å². The molecule has 0 saturated carbocycles. The van der Waals surface area contributed by atoms with Crippen LogP contribution >= 0.6 is 0 Å². The number of carbonyl (C=O) groups is 2. The van der Waals surface area contributed by atoms with E-state index < -0.39 is 12.0 Å². The van der Waals surface area contributed by atoms with Gasteiger partial charge < -0.3 is 24.0 Å². The summed E-state index contributed by atoms with van der Waals surface area (Å²) in [5.74, 6) is 0.604. The molecule has 7 nitrogen and oxygen atoms in total. The standard InChI is InChI=1S/C29H32N2O5/c1-17-8-11-20(14-18(17)2)30(3)29(33)26-22-15-24(35-6)25(36-7)16-23(22)28(32)31(4)27(26)19-9-12-21(34-5)13-10-19/h8-16,26-27H,1-7H3/t26-,27-/m0/s1. The summed E-state index contributed by atoms with van der Waals surface area (Å²) in [4.78, 5) is 31.1. The van der Waals surface area contributed by atoms with E-state index in [1.54, 1.807) is 50.2 Å². The summed E-state index contributed by atoms with van der Waals surface area (Å²) in [6, 6.07) is 16.3. The van der Waals surface area contributed by atoms with Crippen LogP contribution in [-0.4, -0.2) is 52.1 Å². The molecule has 7 heteroatoms. The Morgan fingerprint density at radius 2 is 1.50 bits per heavy atom. The Morgan fingerprint density at radius 3 is 2.08 bits per heavy atom. The van der Waals surface area contributed by atoms with Crippen LogP contribution in [0.3, 0.4) is 0 Å². The quantitative estimate of drug-likeness (QED) is 0.494. The van der Waals surface area contributed by atoms with Gasteiger partial charge >= 0.3 is 0 Å². The number of hydrogen-bond acceptors (Lipinski definition) is 5. The van der Waals surface area contributed by atoms with E-state index in [-0.39, 0.29) is 11.8 Å². The topological polar surface area (TPSA) is 68.3 Å². The summed E-state index contributed by atoms with van der Waals surface area (Å²) in [5.41, 5.74) is 4.91. The van der Waals surface area contributed by atoms with Gasteiger partial charge in [-0.05, 0) is 72.5 Å². The lowest BCUT2D eigenvalue weighted by Crippen LogP contribution is -2.46. The highest BCUT2D eigenvalue weighted by atomic mass is 16.5. The van der Waals surface area contributed by atoms with Crippen molar-refractivity contribution < 1.29 is 23.8 Å². The summed E-state index contributed by atoms with van der Waals surface area (Å²) >= 11 is 0. The summed E-state index contributed by atoms with van der Waals surface area (Å²) < 4.78 is 16.3. The molecule has 1 aliphatic rings. The maximum absolute atomic E-state index is 14.3. The van der Waals surface area contributed by atoms with E-state index in [0.29, 0.717) is 28.4 Å². The number of methoxy groups -OCH3 is 3. The molecule has 188 valence electrons. The van der Waals surface area contributed by atoms with Gasteiger partial charge in [-0.2, -0.15) is 0 Å². The molecule has 0 bridgehead atoms. The molecular formula is C29H32N2O5. The van der Waals surface area contributed by atoms with Crippen LogP contribution in [0, 0.1) is 13.8 Å². The number of carbonyl (C=O) groups excluding carboxylic acids is 2. The van der Waals surface area contributed by atoms with Gasteiger partial charge in [-0.15, -0.1) is 0 Å². The monoisotopic (exact) mass is 488 g/mol. The number of amides is 2. The highest BCUT2D eigenvalue weighted by molar-refractivity contribution is 6.05. The first-order valence-corrected chi connectivity index (χ1v) is 11.7. The number of benzene rings is 3. The second-order valence-electron chi connectivity index (χ2n) is 9.07. The molecule has 2 atom stereocenters. The van der Waals surface area contributed by atoms with Gasteiger partial charge in [0.2, 0.25) is 5.91 Å². The van der Waals surface area contributed by atoms with Crippen LogP contribution in [0.4, 0.5) is 5.69 Å². The molecule has 0 unspecified atom stereocenters. The third-order valence-electron chi connectivity index (χ3n) is 7.11.